The molecule has 9 heteroatoms. The first-order valence-corrected chi connectivity index (χ1v) is 11.5. The topological polar surface area (TPSA) is 102 Å². The molecule has 2 fully saturated rings. The molecule has 1 amide bonds. The van der Waals surface area contributed by atoms with E-state index in [0.717, 1.165) is 19.3 Å². The molecule has 1 aromatic rings. The summed E-state index contributed by atoms with van der Waals surface area (Å²) in [5.74, 6) is -0.657. The highest BCUT2D eigenvalue weighted by Gasteiger charge is 2.27. The van der Waals surface area contributed by atoms with E-state index < -0.39 is 16.0 Å². The number of ether oxygens (including phenoxy) is 2. The van der Waals surface area contributed by atoms with Crippen molar-refractivity contribution in [1.82, 2.24) is 9.62 Å². The zero-order chi connectivity index (χ0) is 20.9. The standard InChI is InChI=1S/C20H28N2O6S/c1-15-5-2-3-8-18(15)21-19(23)14-28-20(24)16-6-4-7-17(13-16)29(25,26)22-9-11-27-12-10-22/h4,6-7,13,15,18H,2-3,5,8-12,14H2,1H3,(H,21,23)/t15-,18-/m1/s1. The smallest absolute Gasteiger partial charge is 0.338 e. The van der Waals surface area contributed by atoms with Crippen LogP contribution in [0.3, 0.4) is 0 Å². The van der Waals surface area contributed by atoms with E-state index in [1.54, 1.807) is 0 Å². The largest absolute Gasteiger partial charge is 0.452 e. The van der Waals surface area contributed by atoms with Crippen LogP contribution in [0.1, 0.15) is 43.0 Å². The number of hydrogen-bond donors (Lipinski definition) is 1. The van der Waals surface area contributed by atoms with E-state index in [4.69, 9.17) is 9.47 Å². The van der Waals surface area contributed by atoms with E-state index in [2.05, 4.69) is 12.2 Å². The molecule has 1 saturated carbocycles. The first-order valence-electron chi connectivity index (χ1n) is 10.0. The minimum absolute atomic E-state index is 0.0225. The van der Waals surface area contributed by atoms with Crippen molar-refractivity contribution in [2.24, 2.45) is 5.92 Å². The third kappa shape index (κ3) is 5.55. The Hall–Kier alpha value is -1.97. The van der Waals surface area contributed by atoms with Gasteiger partial charge in [-0.1, -0.05) is 25.8 Å². The minimum atomic E-state index is -3.71. The molecule has 2 aliphatic rings. The summed E-state index contributed by atoms with van der Waals surface area (Å²) in [4.78, 5) is 24.5. The SMILES string of the molecule is C[C@@H]1CCCC[C@H]1NC(=O)COC(=O)c1cccc(S(=O)(=O)N2CCOCC2)c1. The van der Waals surface area contributed by atoms with Gasteiger partial charge in [0.25, 0.3) is 5.91 Å². The van der Waals surface area contributed by atoms with E-state index in [-0.39, 0.29) is 42.1 Å². The van der Waals surface area contributed by atoms with Crippen LogP contribution in [0.2, 0.25) is 0 Å². The predicted molar refractivity (Wildman–Crippen MR) is 106 cm³/mol. The van der Waals surface area contributed by atoms with E-state index >= 15 is 0 Å². The van der Waals surface area contributed by atoms with Gasteiger partial charge in [-0.2, -0.15) is 4.31 Å². The monoisotopic (exact) mass is 424 g/mol. The first-order chi connectivity index (χ1) is 13.9. The van der Waals surface area contributed by atoms with Gasteiger partial charge in [0.2, 0.25) is 10.0 Å². The molecule has 1 aliphatic carbocycles. The van der Waals surface area contributed by atoms with Crippen LogP contribution in [-0.4, -0.2) is 63.6 Å². The fourth-order valence-corrected chi connectivity index (χ4v) is 5.17. The van der Waals surface area contributed by atoms with Crippen molar-refractivity contribution in [2.45, 2.75) is 43.5 Å². The molecule has 0 spiro atoms. The number of esters is 1. The van der Waals surface area contributed by atoms with Gasteiger partial charge in [-0.25, -0.2) is 13.2 Å². The number of rotatable bonds is 6. The molecular formula is C20H28N2O6S. The number of benzene rings is 1. The van der Waals surface area contributed by atoms with Crippen molar-refractivity contribution >= 4 is 21.9 Å². The lowest BCUT2D eigenvalue weighted by Crippen LogP contribution is -2.42. The lowest BCUT2D eigenvalue weighted by molar-refractivity contribution is -0.125. The average molecular weight is 425 g/mol. The Bertz CT molecular complexity index is 835. The Morgan fingerprint density at radius 1 is 1.21 bits per heavy atom. The van der Waals surface area contributed by atoms with E-state index in [0.29, 0.717) is 19.1 Å². The molecular weight excluding hydrogens is 396 g/mol. The second kappa shape index (κ2) is 9.69. The summed E-state index contributed by atoms with van der Waals surface area (Å²) >= 11 is 0. The Morgan fingerprint density at radius 2 is 1.93 bits per heavy atom. The van der Waals surface area contributed by atoms with Crippen LogP contribution in [0.15, 0.2) is 29.2 Å². The van der Waals surface area contributed by atoms with Gasteiger partial charge in [-0.15, -0.1) is 0 Å². The van der Waals surface area contributed by atoms with Crippen LogP contribution in [-0.2, 0) is 24.3 Å². The van der Waals surface area contributed by atoms with E-state index in [9.17, 15) is 18.0 Å². The van der Waals surface area contributed by atoms with Gasteiger partial charge < -0.3 is 14.8 Å². The Morgan fingerprint density at radius 3 is 2.66 bits per heavy atom. The summed E-state index contributed by atoms with van der Waals surface area (Å²) in [7, 11) is -3.71. The quantitative estimate of drug-likeness (QED) is 0.696. The van der Waals surface area contributed by atoms with Crippen molar-refractivity contribution in [1.29, 1.82) is 0 Å². The molecule has 2 atom stereocenters. The molecule has 8 nitrogen and oxygen atoms in total. The molecule has 0 bridgehead atoms. The van der Waals surface area contributed by atoms with Crippen molar-refractivity contribution in [3.05, 3.63) is 29.8 Å². The third-order valence-corrected chi connectivity index (χ3v) is 7.36. The maximum Gasteiger partial charge on any atom is 0.338 e. The van der Waals surface area contributed by atoms with Crippen molar-refractivity contribution in [2.75, 3.05) is 32.9 Å². The summed E-state index contributed by atoms with van der Waals surface area (Å²) in [6.45, 7) is 2.96. The molecule has 3 rings (SSSR count). The number of sulfonamides is 1. The Balaban J connectivity index is 1.58. The highest BCUT2D eigenvalue weighted by Crippen LogP contribution is 2.23. The van der Waals surface area contributed by atoms with Gasteiger partial charge in [0, 0.05) is 19.1 Å². The number of nitrogens with one attached hydrogen (secondary N) is 1. The molecule has 1 N–H and O–H groups in total. The van der Waals surface area contributed by atoms with Gasteiger partial charge in [0.05, 0.1) is 23.7 Å². The zero-order valence-corrected chi connectivity index (χ0v) is 17.4. The lowest BCUT2D eigenvalue weighted by atomic mass is 9.86. The van der Waals surface area contributed by atoms with Crippen LogP contribution in [0.5, 0.6) is 0 Å². The van der Waals surface area contributed by atoms with Crippen LogP contribution < -0.4 is 5.32 Å². The van der Waals surface area contributed by atoms with E-state index in [1.807, 2.05) is 0 Å². The predicted octanol–water partition coefficient (Wildman–Crippen LogP) is 1.56. The van der Waals surface area contributed by atoms with Crippen molar-refractivity contribution < 1.29 is 27.5 Å². The summed E-state index contributed by atoms with van der Waals surface area (Å²) < 4.78 is 37.1. The Kier molecular flexibility index (Phi) is 7.26. The van der Waals surface area contributed by atoms with Gasteiger partial charge in [-0.3, -0.25) is 4.79 Å². The second-order valence-corrected chi connectivity index (χ2v) is 9.49. The molecule has 0 aromatic heterocycles. The van der Waals surface area contributed by atoms with Gasteiger partial charge in [-0.05, 0) is 37.0 Å². The van der Waals surface area contributed by atoms with Gasteiger partial charge >= 0.3 is 5.97 Å². The zero-order valence-electron chi connectivity index (χ0n) is 16.6. The molecule has 0 radical (unpaired) electrons. The van der Waals surface area contributed by atoms with Gasteiger partial charge in [0.15, 0.2) is 6.61 Å². The van der Waals surface area contributed by atoms with Crippen LogP contribution in [0.4, 0.5) is 0 Å². The molecule has 0 unspecified atom stereocenters. The van der Waals surface area contributed by atoms with Crippen molar-refractivity contribution in [3.8, 4) is 0 Å². The minimum Gasteiger partial charge on any atom is -0.452 e. The summed E-state index contributed by atoms with van der Waals surface area (Å²) in [5.41, 5.74) is 0.0955. The molecule has 1 aromatic carbocycles. The lowest BCUT2D eigenvalue weighted by Gasteiger charge is -2.29. The fraction of sp³-hybridized carbons (Fsp3) is 0.600. The summed E-state index contributed by atoms with van der Waals surface area (Å²) in [6, 6.07) is 5.81. The number of morpholine rings is 1. The second-order valence-electron chi connectivity index (χ2n) is 7.56. The number of carbonyl (C=O) groups is 2. The van der Waals surface area contributed by atoms with E-state index in [1.165, 1.54) is 35.0 Å². The highest BCUT2D eigenvalue weighted by molar-refractivity contribution is 7.89. The molecule has 160 valence electrons. The maximum atomic E-state index is 12.7. The van der Waals surface area contributed by atoms with Crippen LogP contribution in [0, 0.1) is 5.92 Å². The molecule has 1 heterocycles. The van der Waals surface area contributed by atoms with Gasteiger partial charge in [0.1, 0.15) is 0 Å². The average Bonchev–Trinajstić information content (AvgIpc) is 2.74. The van der Waals surface area contributed by atoms with Crippen LogP contribution >= 0.6 is 0 Å². The Labute approximate surface area is 171 Å². The molecule has 1 saturated heterocycles. The normalized spacial score (nSPS) is 23.3. The van der Waals surface area contributed by atoms with Crippen molar-refractivity contribution in [3.63, 3.8) is 0 Å². The number of amides is 1. The first kappa shape index (κ1) is 21.7. The highest BCUT2D eigenvalue weighted by atomic mass is 32.2. The number of nitrogens with zero attached hydrogens (tertiary/aromatic N) is 1. The summed E-state index contributed by atoms with van der Waals surface area (Å²) in [5, 5.41) is 2.92. The summed E-state index contributed by atoms with van der Waals surface area (Å²) in [6.07, 6.45) is 4.27. The van der Waals surface area contributed by atoms with Crippen LogP contribution in [0.25, 0.3) is 0 Å². The molecule has 29 heavy (non-hydrogen) atoms. The third-order valence-electron chi connectivity index (χ3n) is 5.47. The number of hydrogen-bond acceptors (Lipinski definition) is 6. The number of carbonyl (C=O) groups excluding carboxylic acids is 2. The maximum absolute atomic E-state index is 12.7. The fourth-order valence-electron chi connectivity index (χ4n) is 3.71. The molecule has 1 aliphatic heterocycles.